The molecule has 4 nitrogen and oxygen atoms in total. The predicted octanol–water partition coefficient (Wildman–Crippen LogP) is 2.95. The fraction of sp³-hybridized carbons (Fsp3) is 0.467. The van der Waals surface area contributed by atoms with Crippen LogP contribution in [-0.2, 0) is 19.9 Å². The van der Waals surface area contributed by atoms with Gasteiger partial charge in [0.25, 0.3) is 0 Å². The van der Waals surface area contributed by atoms with E-state index in [1.165, 1.54) is 11.3 Å². The second kappa shape index (κ2) is 6.50. The van der Waals surface area contributed by atoms with Gasteiger partial charge in [-0.2, -0.15) is 5.10 Å². The summed E-state index contributed by atoms with van der Waals surface area (Å²) in [7, 11) is 3.97. The zero-order valence-corrected chi connectivity index (χ0v) is 14.0. The van der Waals surface area contributed by atoms with Crippen LogP contribution in [0.2, 0.25) is 0 Å². The molecule has 0 aliphatic carbocycles. The number of hydrogen-bond donors (Lipinski definition) is 1. The molecule has 1 N–H and O–H groups in total. The molecule has 0 saturated carbocycles. The smallest absolute Gasteiger partial charge is 0.0738 e. The molecule has 0 aliphatic heterocycles. The number of aryl methyl sites for hydroxylation is 3. The molecule has 2 aromatic heterocycles. The SMILES string of the molecule is CCc1cccnc1C(Cc1c(Br)c(C)nn1C)NC. The van der Waals surface area contributed by atoms with Gasteiger partial charge in [-0.05, 0) is 48.0 Å². The molecular formula is C15H21BrN4. The number of pyridine rings is 1. The monoisotopic (exact) mass is 336 g/mol. The number of likely N-dealkylation sites (N-methyl/N-ethyl adjacent to an activating group) is 1. The van der Waals surface area contributed by atoms with Crippen molar-refractivity contribution in [3.8, 4) is 0 Å². The van der Waals surface area contributed by atoms with Crippen molar-refractivity contribution in [3.05, 3.63) is 45.4 Å². The van der Waals surface area contributed by atoms with Gasteiger partial charge < -0.3 is 5.32 Å². The molecule has 1 atom stereocenters. The average Bonchev–Trinajstić information content (AvgIpc) is 2.70. The maximum absolute atomic E-state index is 4.58. The van der Waals surface area contributed by atoms with Crippen LogP contribution < -0.4 is 5.32 Å². The van der Waals surface area contributed by atoms with Crippen LogP contribution in [0.25, 0.3) is 0 Å². The zero-order chi connectivity index (χ0) is 14.7. The van der Waals surface area contributed by atoms with Crippen LogP contribution in [0.5, 0.6) is 0 Å². The van der Waals surface area contributed by atoms with Crippen LogP contribution >= 0.6 is 15.9 Å². The average molecular weight is 337 g/mol. The summed E-state index contributed by atoms with van der Waals surface area (Å²) >= 11 is 3.64. The van der Waals surface area contributed by atoms with E-state index in [0.29, 0.717) is 0 Å². The van der Waals surface area contributed by atoms with Crippen LogP contribution in [0.1, 0.15) is 35.6 Å². The lowest BCUT2D eigenvalue weighted by Gasteiger charge is -2.19. The molecule has 0 saturated heterocycles. The van der Waals surface area contributed by atoms with E-state index in [9.17, 15) is 0 Å². The van der Waals surface area contributed by atoms with Crippen LogP contribution in [0, 0.1) is 6.92 Å². The van der Waals surface area contributed by atoms with E-state index in [0.717, 1.165) is 28.7 Å². The van der Waals surface area contributed by atoms with Crippen LogP contribution in [0.3, 0.4) is 0 Å². The minimum Gasteiger partial charge on any atom is -0.311 e. The topological polar surface area (TPSA) is 42.7 Å². The molecule has 0 radical (unpaired) electrons. The van der Waals surface area contributed by atoms with Crippen LogP contribution in [0.4, 0.5) is 0 Å². The summed E-state index contributed by atoms with van der Waals surface area (Å²) < 4.78 is 3.03. The van der Waals surface area contributed by atoms with Crippen LogP contribution in [-0.4, -0.2) is 21.8 Å². The van der Waals surface area contributed by atoms with E-state index < -0.39 is 0 Å². The highest BCUT2D eigenvalue weighted by molar-refractivity contribution is 9.10. The molecule has 5 heteroatoms. The van der Waals surface area contributed by atoms with Gasteiger partial charge in [0, 0.05) is 19.7 Å². The molecular weight excluding hydrogens is 316 g/mol. The molecule has 0 spiro atoms. The number of rotatable bonds is 5. The quantitative estimate of drug-likeness (QED) is 0.912. The molecule has 2 rings (SSSR count). The Hall–Kier alpha value is -1.20. The highest BCUT2D eigenvalue weighted by Gasteiger charge is 2.19. The van der Waals surface area contributed by atoms with Gasteiger partial charge in [0.2, 0.25) is 0 Å². The highest BCUT2D eigenvalue weighted by Crippen LogP contribution is 2.26. The minimum absolute atomic E-state index is 0.192. The van der Waals surface area contributed by atoms with Crippen molar-refractivity contribution < 1.29 is 0 Å². The standard InChI is InChI=1S/C15H21BrN4/c1-5-11-7-6-8-18-15(11)12(17-3)9-13-14(16)10(2)19-20(13)4/h6-8,12,17H,5,9H2,1-4H3. The van der Waals surface area contributed by atoms with Crippen molar-refractivity contribution in [1.29, 1.82) is 0 Å². The fourth-order valence-corrected chi connectivity index (χ4v) is 2.99. The first kappa shape index (κ1) is 15.2. The lowest BCUT2D eigenvalue weighted by molar-refractivity contribution is 0.543. The number of halogens is 1. The van der Waals surface area contributed by atoms with E-state index in [-0.39, 0.29) is 6.04 Å². The summed E-state index contributed by atoms with van der Waals surface area (Å²) in [6.07, 6.45) is 3.72. The van der Waals surface area contributed by atoms with Crippen LogP contribution in [0.15, 0.2) is 22.8 Å². The number of nitrogens with one attached hydrogen (secondary N) is 1. The highest BCUT2D eigenvalue weighted by atomic mass is 79.9. The second-order valence-electron chi connectivity index (χ2n) is 4.92. The van der Waals surface area contributed by atoms with Crippen molar-refractivity contribution in [2.24, 2.45) is 7.05 Å². The molecule has 2 aromatic rings. The Kier molecular flexibility index (Phi) is 4.94. The van der Waals surface area contributed by atoms with Crippen molar-refractivity contribution in [2.45, 2.75) is 32.7 Å². The fourth-order valence-electron chi connectivity index (χ4n) is 2.49. The number of nitrogens with zero attached hydrogens (tertiary/aromatic N) is 3. The Bertz CT molecular complexity index is 592. The summed E-state index contributed by atoms with van der Waals surface area (Å²) in [6.45, 7) is 4.18. The van der Waals surface area contributed by atoms with Crippen molar-refractivity contribution in [3.63, 3.8) is 0 Å². The molecule has 0 fully saturated rings. The Labute approximate surface area is 128 Å². The molecule has 0 aromatic carbocycles. The lowest BCUT2D eigenvalue weighted by atomic mass is 10.0. The van der Waals surface area contributed by atoms with E-state index in [2.05, 4.69) is 44.3 Å². The summed E-state index contributed by atoms with van der Waals surface area (Å²) in [5.74, 6) is 0. The number of aromatic nitrogens is 3. The van der Waals surface area contributed by atoms with Gasteiger partial charge in [-0.3, -0.25) is 9.67 Å². The van der Waals surface area contributed by atoms with Gasteiger partial charge in [-0.1, -0.05) is 13.0 Å². The van der Waals surface area contributed by atoms with E-state index >= 15 is 0 Å². The third-order valence-corrected chi connectivity index (χ3v) is 4.68. The van der Waals surface area contributed by atoms with E-state index in [1.54, 1.807) is 0 Å². The Morgan fingerprint density at radius 2 is 2.20 bits per heavy atom. The zero-order valence-electron chi connectivity index (χ0n) is 12.4. The Morgan fingerprint density at radius 3 is 2.75 bits per heavy atom. The van der Waals surface area contributed by atoms with Gasteiger partial charge in [0.15, 0.2) is 0 Å². The first-order valence-corrected chi connectivity index (χ1v) is 7.66. The molecule has 2 heterocycles. The van der Waals surface area contributed by atoms with Crippen molar-refractivity contribution in [1.82, 2.24) is 20.1 Å². The maximum Gasteiger partial charge on any atom is 0.0738 e. The van der Waals surface area contributed by atoms with Gasteiger partial charge in [0.1, 0.15) is 0 Å². The normalized spacial score (nSPS) is 12.7. The minimum atomic E-state index is 0.192. The summed E-state index contributed by atoms with van der Waals surface area (Å²) in [6, 6.07) is 4.34. The molecule has 0 amide bonds. The van der Waals surface area contributed by atoms with E-state index in [1.807, 2.05) is 38.0 Å². The Balaban J connectivity index is 2.34. The van der Waals surface area contributed by atoms with Crippen molar-refractivity contribution >= 4 is 15.9 Å². The molecule has 20 heavy (non-hydrogen) atoms. The Morgan fingerprint density at radius 1 is 1.45 bits per heavy atom. The van der Waals surface area contributed by atoms with Gasteiger partial charge in [0.05, 0.1) is 27.6 Å². The summed E-state index contributed by atoms with van der Waals surface area (Å²) in [4.78, 5) is 4.58. The molecule has 0 aliphatic rings. The van der Waals surface area contributed by atoms with Gasteiger partial charge >= 0.3 is 0 Å². The lowest BCUT2D eigenvalue weighted by Crippen LogP contribution is -2.22. The summed E-state index contributed by atoms with van der Waals surface area (Å²) in [5.41, 5.74) is 4.63. The first-order chi connectivity index (χ1) is 9.58. The van der Waals surface area contributed by atoms with Gasteiger partial charge in [-0.15, -0.1) is 0 Å². The first-order valence-electron chi connectivity index (χ1n) is 6.87. The second-order valence-corrected chi connectivity index (χ2v) is 5.71. The maximum atomic E-state index is 4.58. The van der Waals surface area contributed by atoms with Gasteiger partial charge in [-0.25, -0.2) is 0 Å². The predicted molar refractivity (Wildman–Crippen MR) is 84.8 cm³/mol. The third kappa shape index (κ3) is 2.94. The molecule has 1 unspecified atom stereocenters. The largest absolute Gasteiger partial charge is 0.311 e. The summed E-state index contributed by atoms with van der Waals surface area (Å²) in [5, 5.41) is 7.84. The number of hydrogen-bond acceptors (Lipinski definition) is 3. The van der Waals surface area contributed by atoms with Crippen molar-refractivity contribution in [2.75, 3.05) is 7.05 Å². The molecule has 0 bridgehead atoms. The van der Waals surface area contributed by atoms with E-state index in [4.69, 9.17) is 0 Å². The molecule has 108 valence electrons. The third-order valence-electron chi connectivity index (χ3n) is 3.64.